The summed E-state index contributed by atoms with van der Waals surface area (Å²) in [4.78, 5) is 0. The van der Waals surface area contributed by atoms with Crippen molar-refractivity contribution in [1.82, 2.24) is 10.0 Å². The molecule has 0 spiro atoms. The molecule has 2 saturated heterocycles. The zero-order chi connectivity index (χ0) is 13.8. The van der Waals surface area contributed by atoms with E-state index in [0.717, 1.165) is 25.8 Å². The van der Waals surface area contributed by atoms with Crippen LogP contribution >= 0.6 is 12.4 Å². The molecule has 20 heavy (non-hydrogen) atoms. The van der Waals surface area contributed by atoms with Gasteiger partial charge in [0.25, 0.3) is 0 Å². The van der Waals surface area contributed by atoms with Crippen LogP contribution in [0.1, 0.15) is 19.3 Å². The topological polar surface area (TPSA) is 76.7 Å². The van der Waals surface area contributed by atoms with E-state index >= 15 is 0 Å². The van der Waals surface area contributed by atoms with Crippen LogP contribution in [-0.2, 0) is 19.5 Å². The maximum absolute atomic E-state index is 12.1. The highest BCUT2D eigenvalue weighted by Gasteiger charge is 2.35. The molecule has 2 rings (SSSR count). The minimum atomic E-state index is -3.23. The first-order chi connectivity index (χ1) is 9.05. The van der Waals surface area contributed by atoms with Crippen molar-refractivity contribution in [2.45, 2.75) is 24.8 Å². The van der Waals surface area contributed by atoms with E-state index in [1.54, 1.807) is 7.11 Å². The van der Waals surface area contributed by atoms with Gasteiger partial charge >= 0.3 is 0 Å². The lowest BCUT2D eigenvalue weighted by Gasteiger charge is -2.29. The lowest BCUT2D eigenvalue weighted by atomic mass is 9.99. The molecular formula is C12H25ClN2O4S. The number of sulfonamides is 1. The number of hydrogen-bond acceptors (Lipinski definition) is 5. The fourth-order valence-corrected chi connectivity index (χ4v) is 4.30. The SMILES string of the molecule is COCC1(CNS(=O)(=O)CC2CCOC2)CCCN1.Cl. The van der Waals surface area contributed by atoms with Crippen molar-refractivity contribution in [2.24, 2.45) is 5.92 Å². The van der Waals surface area contributed by atoms with E-state index < -0.39 is 10.0 Å². The van der Waals surface area contributed by atoms with Crippen LogP contribution in [0.25, 0.3) is 0 Å². The van der Waals surface area contributed by atoms with Crippen LogP contribution in [0, 0.1) is 5.92 Å². The van der Waals surface area contributed by atoms with Gasteiger partial charge in [0.2, 0.25) is 10.0 Å². The zero-order valence-corrected chi connectivity index (χ0v) is 13.5. The normalized spacial score (nSPS) is 30.4. The summed E-state index contributed by atoms with van der Waals surface area (Å²) in [5.74, 6) is 0.295. The van der Waals surface area contributed by atoms with Gasteiger partial charge in [0.05, 0.1) is 24.5 Å². The number of halogens is 1. The molecule has 0 bridgehead atoms. The van der Waals surface area contributed by atoms with Gasteiger partial charge in [-0.15, -0.1) is 12.4 Å². The Morgan fingerprint density at radius 3 is 2.85 bits per heavy atom. The monoisotopic (exact) mass is 328 g/mol. The number of hydrogen-bond donors (Lipinski definition) is 2. The highest BCUT2D eigenvalue weighted by Crippen LogP contribution is 2.20. The number of ether oxygens (including phenoxy) is 2. The molecule has 2 atom stereocenters. The van der Waals surface area contributed by atoms with Gasteiger partial charge in [-0.1, -0.05) is 0 Å². The van der Waals surface area contributed by atoms with E-state index in [1.807, 2.05) is 0 Å². The third kappa shape index (κ3) is 5.13. The van der Waals surface area contributed by atoms with Crippen LogP contribution in [0.15, 0.2) is 0 Å². The molecule has 2 aliphatic rings. The van der Waals surface area contributed by atoms with E-state index in [-0.39, 0.29) is 29.6 Å². The summed E-state index contributed by atoms with van der Waals surface area (Å²) in [5, 5.41) is 3.36. The quantitative estimate of drug-likeness (QED) is 0.695. The van der Waals surface area contributed by atoms with E-state index in [0.29, 0.717) is 26.4 Å². The molecule has 0 radical (unpaired) electrons. The Bertz CT molecular complexity index is 379. The highest BCUT2D eigenvalue weighted by atomic mass is 35.5. The summed E-state index contributed by atoms with van der Waals surface area (Å²) in [5.41, 5.74) is -0.242. The second-order valence-electron chi connectivity index (χ2n) is 5.58. The smallest absolute Gasteiger partial charge is 0.212 e. The summed E-state index contributed by atoms with van der Waals surface area (Å²) in [6.07, 6.45) is 2.83. The molecule has 2 unspecified atom stereocenters. The maximum atomic E-state index is 12.1. The van der Waals surface area contributed by atoms with E-state index in [9.17, 15) is 8.42 Å². The van der Waals surface area contributed by atoms with Crippen LogP contribution in [0.5, 0.6) is 0 Å². The van der Waals surface area contributed by atoms with Gasteiger partial charge < -0.3 is 14.8 Å². The van der Waals surface area contributed by atoms with Gasteiger partial charge in [0.1, 0.15) is 0 Å². The molecular weight excluding hydrogens is 304 g/mol. The molecule has 120 valence electrons. The van der Waals surface area contributed by atoms with Crippen molar-refractivity contribution in [1.29, 1.82) is 0 Å². The van der Waals surface area contributed by atoms with Crippen LogP contribution in [0.2, 0.25) is 0 Å². The lowest BCUT2D eigenvalue weighted by Crippen LogP contribution is -2.53. The first-order valence-electron chi connectivity index (χ1n) is 6.84. The molecule has 6 nitrogen and oxygen atoms in total. The molecule has 2 fully saturated rings. The predicted octanol–water partition coefficient (Wildman–Crippen LogP) is 0.133. The molecule has 2 N–H and O–H groups in total. The average Bonchev–Trinajstić information content (AvgIpc) is 2.99. The van der Waals surface area contributed by atoms with E-state index in [2.05, 4.69) is 10.0 Å². The Hall–Kier alpha value is 0.0800. The lowest BCUT2D eigenvalue weighted by molar-refractivity contribution is 0.122. The Morgan fingerprint density at radius 2 is 2.30 bits per heavy atom. The third-order valence-corrected chi connectivity index (χ3v) is 5.36. The Kier molecular flexibility index (Phi) is 7.17. The molecule has 8 heteroatoms. The first kappa shape index (κ1) is 18.1. The van der Waals surface area contributed by atoms with Gasteiger partial charge in [0, 0.05) is 20.3 Å². The van der Waals surface area contributed by atoms with E-state index in [4.69, 9.17) is 9.47 Å². The predicted molar refractivity (Wildman–Crippen MR) is 79.8 cm³/mol. The Labute approximate surface area is 127 Å². The average molecular weight is 329 g/mol. The van der Waals surface area contributed by atoms with Crippen molar-refractivity contribution in [3.8, 4) is 0 Å². The van der Waals surface area contributed by atoms with Crippen LogP contribution in [0.3, 0.4) is 0 Å². The summed E-state index contributed by atoms with van der Waals surface area (Å²) < 4.78 is 37.3. The maximum Gasteiger partial charge on any atom is 0.212 e. The molecule has 0 aliphatic carbocycles. The fraction of sp³-hybridized carbons (Fsp3) is 1.00. The molecule has 0 aromatic carbocycles. The van der Waals surface area contributed by atoms with E-state index in [1.165, 1.54) is 0 Å². The number of rotatable bonds is 7. The van der Waals surface area contributed by atoms with Crippen LogP contribution in [-0.4, -0.2) is 59.7 Å². The van der Waals surface area contributed by atoms with Crippen LogP contribution in [0.4, 0.5) is 0 Å². The van der Waals surface area contributed by atoms with Crippen molar-refractivity contribution >= 4 is 22.4 Å². The third-order valence-electron chi connectivity index (χ3n) is 3.86. The van der Waals surface area contributed by atoms with Crippen molar-refractivity contribution in [3.05, 3.63) is 0 Å². The van der Waals surface area contributed by atoms with Gasteiger partial charge in [-0.3, -0.25) is 0 Å². The van der Waals surface area contributed by atoms with Crippen molar-refractivity contribution < 1.29 is 17.9 Å². The van der Waals surface area contributed by atoms with Gasteiger partial charge in [-0.05, 0) is 31.7 Å². The Morgan fingerprint density at radius 1 is 1.50 bits per heavy atom. The molecule has 2 heterocycles. The summed E-state index contributed by atoms with van der Waals surface area (Å²) >= 11 is 0. The fourth-order valence-electron chi connectivity index (χ4n) is 2.80. The first-order valence-corrected chi connectivity index (χ1v) is 8.50. The van der Waals surface area contributed by atoms with Crippen LogP contribution < -0.4 is 10.0 Å². The zero-order valence-electron chi connectivity index (χ0n) is 11.9. The Balaban J connectivity index is 0.00000200. The molecule has 0 saturated carbocycles. The second-order valence-corrected chi connectivity index (χ2v) is 7.43. The summed E-state index contributed by atoms with van der Waals surface area (Å²) in [6, 6.07) is 0. The molecule has 0 aromatic heterocycles. The van der Waals surface area contributed by atoms with Gasteiger partial charge in [0.15, 0.2) is 0 Å². The summed E-state index contributed by atoms with van der Waals surface area (Å²) in [7, 11) is -1.59. The molecule has 0 aromatic rings. The van der Waals surface area contributed by atoms with Gasteiger partial charge in [-0.2, -0.15) is 0 Å². The van der Waals surface area contributed by atoms with Crippen molar-refractivity contribution in [2.75, 3.05) is 45.8 Å². The summed E-state index contributed by atoms with van der Waals surface area (Å²) in [6.45, 7) is 3.08. The standard InChI is InChI=1S/C12H24N2O4S.ClH/c1-17-10-12(4-2-5-13-12)9-14-19(15,16)8-11-3-6-18-7-11;/h11,13-14H,2-10H2,1H3;1H. The number of methoxy groups -OCH3 is 1. The molecule has 2 aliphatic heterocycles. The number of nitrogens with one attached hydrogen (secondary N) is 2. The minimum Gasteiger partial charge on any atom is -0.383 e. The largest absolute Gasteiger partial charge is 0.383 e. The van der Waals surface area contributed by atoms with Gasteiger partial charge in [-0.25, -0.2) is 13.1 Å². The minimum absolute atomic E-state index is 0. The van der Waals surface area contributed by atoms with Crippen molar-refractivity contribution in [3.63, 3.8) is 0 Å². The second kappa shape index (κ2) is 7.91. The highest BCUT2D eigenvalue weighted by molar-refractivity contribution is 7.89. The molecule has 0 amide bonds.